The fourth-order valence-corrected chi connectivity index (χ4v) is 6.45. The molecule has 2 N–H and O–H groups in total. The summed E-state index contributed by atoms with van der Waals surface area (Å²) in [5, 5.41) is 10.4. The van der Waals surface area contributed by atoms with Gasteiger partial charge in [0.15, 0.2) is 0 Å². The highest BCUT2D eigenvalue weighted by molar-refractivity contribution is 6.34. The van der Waals surface area contributed by atoms with Crippen LogP contribution in [0, 0.1) is 0 Å². The van der Waals surface area contributed by atoms with Crippen molar-refractivity contribution in [2.75, 3.05) is 32.7 Å². The van der Waals surface area contributed by atoms with E-state index >= 15 is 0 Å². The lowest BCUT2D eigenvalue weighted by molar-refractivity contribution is -0.133. The van der Waals surface area contributed by atoms with Gasteiger partial charge < -0.3 is 20.4 Å². The summed E-state index contributed by atoms with van der Waals surface area (Å²) in [6.45, 7) is 4.50. The molecule has 3 aromatic rings. The SMILES string of the molecule is O=C(NC[C@H]1CCN(Cc2cc(Cl)cc(Cl)c2)C(=O)[C@@H](CCN2CCCCC2)N1)c1ccc2cc(Cl)ccc2c1. The molecule has 0 unspecified atom stereocenters. The Morgan fingerprint density at radius 2 is 1.60 bits per heavy atom. The molecule has 3 aromatic carbocycles. The Morgan fingerprint density at radius 3 is 2.38 bits per heavy atom. The maximum atomic E-state index is 13.7. The van der Waals surface area contributed by atoms with Crippen molar-refractivity contribution in [1.29, 1.82) is 0 Å². The van der Waals surface area contributed by atoms with Crippen molar-refractivity contribution < 1.29 is 9.59 Å². The van der Waals surface area contributed by atoms with Crippen LogP contribution in [0.1, 0.15) is 48.0 Å². The molecule has 2 heterocycles. The number of carbonyl (C=O) groups is 2. The zero-order chi connectivity index (χ0) is 28.1. The molecule has 2 aliphatic heterocycles. The van der Waals surface area contributed by atoms with Crippen molar-refractivity contribution >= 4 is 57.4 Å². The fourth-order valence-electron chi connectivity index (χ4n) is 5.70. The van der Waals surface area contributed by atoms with Gasteiger partial charge in [-0.1, -0.05) is 53.4 Å². The first-order valence-corrected chi connectivity index (χ1v) is 15.2. The Labute approximate surface area is 250 Å². The highest BCUT2D eigenvalue weighted by Crippen LogP contribution is 2.23. The first-order chi connectivity index (χ1) is 19.3. The molecule has 2 fully saturated rings. The normalized spacial score (nSPS) is 20.5. The van der Waals surface area contributed by atoms with Crippen LogP contribution in [0.25, 0.3) is 10.8 Å². The van der Waals surface area contributed by atoms with Gasteiger partial charge in [-0.15, -0.1) is 0 Å². The zero-order valence-corrected chi connectivity index (χ0v) is 24.7. The van der Waals surface area contributed by atoms with E-state index in [1.54, 1.807) is 6.07 Å². The van der Waals surface area contributed by atoms with Crippen LogP contribution in [0.5, 0.6) is 0 Å². The van der Waals surface area contributed by atoms with Gasteiger partial charge in [0.25, 0.3) is 5.91 Å². The molecule has 0 aromatic heterocycles. The van der Waals surface area contributed by atoms with E-state index in [-0.39, 0.29) is 23.9 Å². The standard InChI is InChI=1S/C31H35Cl3N4O2/c32-25-7-6-22-16-24(5-4-23(22)17-25)30(39)35-19-28-8-13-38(20-21-14-26(33)18-27(34)15-21)31(40)29(36-28)9-12-37-10-2-1-3-11-37/h4-7,14-18,28-29,36H,1-3,8-13,19-20H2,(H,35,39)/t28-,29-/m1/s1. The molecule has 6 nitrogen and oxygen atoms in total. The number of nitrogens with one attached hydrogen (secondary N) is 2. The minimum atomic E-state index is -0.327. The molecular formula is C31H35Cl3N4O2. The topological polar surface area (TPSA) is 64.7 Å². The smallest absolute Gasteiger partial charge is 0.251 e. The van der Waals surface area contributed by atoms with Gasteiger partial charge in [-0.2, -0.15) is 0 Å². The Balaban J connectivity index is 1.26. The average Bonchev–Trinajstić information content (AvgIpc) is 3.08. The van der Waals surface area contributed by atoms with E-state index < -0.39 is 0 Å². The van der Waals surface area contributed by atoms with Crippen LogP contribution in [0.2, 0.25) is 15.1 Å². The number of halogens is 3. The van der Waals surface area contributed by atoms with Crippen LogP contribution in [-0.2, 0) is 11.3 Å². The Kier molecular flexibility index (Phi) is 9.87. The molecule has 2 saturated heterocycles. The quantitative estimate of drug-likeness (QED) is 0.324. The molecule has 0 spiro atoms. The van der Waals surface area contributed by atoms with Crippen molar-refractivity contribution in [3.8, 4) is 0 Å². The number of hydrogen-bond donors (Lipinski definition) is 2. The van der Waals surface area contributed by atoms with Gasteiger partial charge in [-0.05, 0) is 97.6 Å². The zero-order valence-electron chi connectivity index (χ0n) is 22.5. The van der Waals surface area contributed by atoms with Crippen molar-refractivity contribution in [2.24, 2.45) is 0 Å². The maximum Gasteiger partial charge on any atom is 0.251 e. The number of hydrogen-bond acceptors (Lipinski definition) is 4. The summed E-state index contributed by atoms with van der Waals surface area (Å²) in [5.74, 6) is -0.0559. The first-order valence-electron chi connectivity index (χ1n) is 14.0. The van der Waals surface area contributed by atoms with Gasteiger partial charge in [0.05, 0.1) is 6.04 Å². The number of carbonyl (C=O) groups excluding carboxylic acids is 2. The number of amides is 2. The molecule has 5 rings (SSSR count). The summed E-state index contributed by atoms with van der Waals surface area (Å²) >= 11 is 18.6. The minimum absolute atomic E-state index is 0.0357. The molecule has 0 bridgehead atoms. The molecule has 0 saturated carbocycles. The van der Waals surface area contributed by atoms with Crippen molar-refractivity contribution in [2.45, 2.75) is 50.7 Å². The average molecular weight is 602 g/mol. The molecule has 2 atom stereocenters. The number of piperidine rings is 1. The lowest BCUT2D eigenvalue weighted by Crippen LogP contribution is -2.50. The van der Waals surface area contributed by atoms with E-state index in [0.717, 1.165) is 48.8 Å². The number of benzene rings is 3. The Bertz CT molecular complexity index is 1340. The van der Waals surface area contributed by atoms with Gasteiger partial charge >= 0.3 is 0 Å². The summed E-state index contributed by atoms with van der Waals surface area (Å²) in [4.78, 5) is 31.1. The van der Waals surface area contributed by atoms with Crippen LogP contribution in [0.15, 0.2) is 54.6 Å². The predicted octanol–water partition coefficient (Wildman–Crippen LogP) is 6.17. The van der Waals surface area contributed by atoms with Gasteiger partial charge in [0, 0.05) is 52.9 Å². The summed E-state index contributed by atoms with van der Waals surface area (Å²) in [6.07, 6.45) is 5.15. The number of nitrogens with zero attached hydrogens (tertiary/aromatic N) is 2. The lowest BCUT2D eigenvalue weighted by atomic mass is 10.1. The molecule has 0 radical (unpaired) electrons. The van der Waals surface area contributed by atoms with E-state index in [4.69, 9.17) is 34.8 Å². The Hall–Kier alpha value is -2.35. The van der Waals surface area contributed by atoms with E-state index in [2.05, 4.69) is 15.5 Å². The molecule has 0 aliphatic carbocycles. The first kappa shape index (κ1) is 29.2. The molecular weight excluding hydrogens is 567 g/mol. The number of likely N-dealkylation sites (tertiary alicyclic amines) is 1. The highest BCUT2D eigenvalue weighted by atomic mass is 35.5. The van der Waals surface area contributed by atoms with Crippen LogP contribution in [-0.4, -0.2) is 66.4 Å². The van der Waals surface area contributed by atoms with Crippen LogP contribution >= 0.6 is 34.8 Å². The summed E-state index contributed by atoms with van der Waals surface area (Å²) in [7, 11) is 0. The second-order valence-corrected chi connectivity index (χ2v) is 12.2. The van der Waals surface area contributed by atoms with E-state index in [0.29, 0.717) is 40.3 Å². The van der Waals surface area contributed by atoms with Crippen molar-refractivity contribution in [3.05, 3.63) is 80.8 Å². The van der Waals surface area contributed by atoms with Crippen LogP contribution in [0.4, 0.5) is 0 Å². The van der Waals surface area contributed by atoms with E-state index in [9.17, 15) is 9.59 Å². The van der Waals surface area contributed by atoms with E-state index in [1.807, 2.05) is 53.4 Å². The predicted molar refractivity (Wildman–Crippen MR) is 163 cm³/mol. The molecule has 40 heavy (non-hydrogen) atoms. The lowest BCUT2D eigenvalue weighted by Gasteiger charge is -2.30. The van der Waals surface area contributed by atoms with Crippen molar-refractivity contribution in [1.82, 2.24) is 20.4 Å². The van der Waals surface area contributed by atoms with Gasteiger partial charge in [0.2, 0.25) is 5.91 Å². The highest BCUT2D eigenvalue weighted by Gasteiger charge is 2.31. The van der Waals surface area contributed by atoms with Gasteiger partial charge in [-0.25, -0.2) is 0 Å². The van der Waals surface area contributed by atoms with Gasteiger partial charge in [-0.3, -0.25) is 9.59 Å². The third-order valence-electron chi connectivity index (χ3n) is 7.85. The third kappa shape index (κ3) is 7.68. The largest absolute Gasteiger partial charge is 0.350 e. The third-order valence-corrected chi connectivity index (χ3v) is 8.52. The Morgan fingerprint density at radius 1 is 0.875 bits per heavy atom. The van der Waals surface area contributed by atoms with Crippen LogP contribution < -0.4 is 10.6 Å². The second kappa shape index (κ2) is 13.5. The molecule has 212 valence electrons. The summed E-state index contributed by atoms with van der Waals surface area (Å²) < 4.78 is 0. The molecule has 2 aliphatic rings. The monoisotopic (exact) mass is 600 g/mol. The fraction of sp³-hybridized carbons (Fsp3) is 0.419. The minimum Gasteiger partial charge on any atom is -0.350 e. The molecule has 2 amide bonds. The number of rotatable bonds is 8. The second-order valence-electron chi connectivity index (χ2n) is 10.8. The summed E-state index contributed by atoms with van der Waals surface area (Å²) in [5.41, 5.74) is 1.51. The summed E-state index contributed by atoms with van der Waals surface area (Å²) in [6, 6.07) is 16.3. The van der Waals surface area contributed by atoms with Gasteiger partial charge in [0.1, 0.15) is 0 Å². The van der Waals surface area contributed by atoms with Crippen LogP contribution in [0.3, 0.4) is 0 Å². The van der Waals surface area contributed by atoms with Crippen molar-refractivity contribution in [3.63, 3.8) is 0 Å². The number of fused-ring (bicyclic) bond motifs is 1. The maximum absolute atomic E-state index is 13.7. The molecule has 9 heteroatoms. The van der Waals surface area contributed by atoms with E-state index in [1.165, 1.54) is 19.3 Å².